The van der Waals surface area contributed by atoms with Crippen molar-refractivity contribution in [2.45, 2.75) is 226 Å². The van der Waals surface area contributed by atoms with E-state index in [-0.39, 0.29) is 18.2 Å². The predicted octanol–water partition coefficient (Wildman–Crippen LogP) is 12.6. The van der Waals surface area contributed by atoms with Gasteiger partial charge >= 0.3 is 5.97 Å². The van der Waals surface area contributed by atoms with E-state index >= 15 is 0 Å². The lowest BCUT2D eigenvalue weighted by Crippen LogP contribution is -2.18. The predicted molar refractivity (Wildman–Crippen MR) is 181 cm³/mol. The maximum Gasteiger partial charge on any atom is 0.306 e. The summed E-state index contributed by atoms with van der Waals surface area (Å²) >= 11 is 0. The Morgan fingerprint density at radius 3 is 1.49 bits per heavy atom. The number of allylic oxidation sites excluding steroid dienone is 1. The van der Waals surface area contributed by atoms with E-state index in [1.54, 1.807) is 0 Å². The van der Waals surface area contributed by atoms with E-state index in [0.717, 1.165) is 51.4 Å². The second-order valence-electron chi connectivity index (χ2n) is 12.8. The van der Waals surface area contributed by atoms with Crippen LogP contribution in [0, 0.1) is 0 Å². The summed E-state index contributed by atoms with van der Waals surface area (Å²) in [5.41, 5.74) is 0. The van der Waals surface area contributed by atoms with E-state index in [1.807, 2.05) is 0 Å². The molecule has 0 saturated heterocycles. The standard InChI is InChI=1S/C38H74O3/c1-4-7-10-13-15-16-20-24-29-34-37(33-28-23-14-11-8-5-2)41-38(40)35-30-25-21-18-17-19-22-27-32-36(39)31-26-12-9-6-3/h22,27,36-37,39H,4-21,23-26,28-35H2,1-3H3/t36-,37?/m1/s1. The number of rotatable bonds is 33. The Kier molecular flexibility index (Phi) is 33.0. The van der Waals surface area contributed by atoms with Gasteiger partial charge in [0.25, 0.3) is 0 Å². The van der Waals surface area contributed by atoms with Crippen LogP contribution in [-0.4, -0.2) is 23.3 Å². The van der Waals surface area contributed by atoms with Crippen molar-refractivity contribution in [2.75, 3.05) is 0 Å². The molecule has 0 rings (SSSR count). The van der Waals surface area contributed by atoms with Crippen molar-refractivity contribution in [3.8, 4) is 0 Å². The van der Waals surface area contributed by atoms with Gasteiger partial charge < -0.3 is 9.84 Å². The molecule has 0 aromatic rings. The second-order valence-corrected chi connectivity index (χ2v) is 12.8. The minimum absolute atomic E-state index is 0.0353. The lowest BCUT2D eigenvalue weighted by atomic mass is 10.0. The van der Waals surface area contributed by atoms with Gasteiger partial charge in [-0.15, -0.1) is 0 Å². The Morgan fingerprint density at radius 2 is 0.951 bits per heavy atom. The molecule has 2 atom stereocenters. The number of hydrogen-bond acceptors (Lipinski definition) is 3. The molecule has 0 saturated carbocycles. The molecule has 0 aromatic carbocycles. The van der Waals surface area contributed by atoms with Crippen molar-refractivity contribution < 1.29 is 14.6 Å². The molecule has 0 radical (unpaired) electrons. The van der Waals surface area contributed by atoms with Gasteiger partial charge in [0.05, 0.1) is 6.10 Å². The van der Waals surface area contributed by atoms with Crippen LogP contribution < -0.4 is 0 Å². The second kappa shape index (κ2) is 33.7. The molecule has 0 aliphatic rings. The number of unbranched alkanes of at least 4 members (excludes halogenated alkanes) is 21. The van der Waals surface area contributed by atoms with Crippen molar-refractivity contribution in [1.82, 2.24) is 0 Å². The molecule has 0 aliphatic heterocycles. The van der Waals surface area contributed by atoms with E-state index in [0.29, 0.717) is 6.42 Å². The summed E-state index contributed by atoms with van der Waals surface area (Å²) in [5.74, 6) is 0.0353. The van der Waals surface area contributed by atoms with Gasteiger partial charge in [-0.2, -0.15) is 0 Å². The Morgan fingerprint density at radius 1 is 0.537 bits per heavy atom. The molecule has 1 N–H and O–H groups in total. The maximum absolute atomic E-state index is 12.6. The average Bonchev–Trinajstić information content (AvgIpc) is 2.97. The fourth-order valence-electron chi connectivity index (χ4n) is 5.70. The van der Waals surface area contributed by atoms with Gasteiger partial charge in [0.1, 0.15) is 6.10 Å². The first-order valence-electron chi connectivity index (χ1n) is 18.7. The minimum Gasteiger partial charge on any atom is -0.462 e. The number of aliphatic hydroxyl groups is 1. The quantitative estimate of drug-likeness (QED) is 0.0478. The molecule has 3 nitrogen and oxygen atoms in total. The molecule has 0 heterocycles. The molecule has 41 heavy (non-hydrogen) atoms. The van der Waals surface area contributed by atoms with Gasteiger partial charge in [-0.1, -0.05) is 161 Å². The van der Waals surface area contributed by atoms with Crippen LogP contribution in [0.4, 0.5) is 0 Å². The van der Waals surface area contributed by atoms with Gasteiger partial charge in [-0.3, -0.25) is 4.79 Å². The summed E-state index contributed by atoms with van der Waals surface area (Å²) in [5, 5.41) is 10.0. The van der Waals surface area contributed by atoms with E-state index < -0.39 is 0 Å². The van der Waals surface area contributed by atoms with Crippen molar-refractivity contribution in [3.63, 3.8) is 0 Å². The Labute approximate surface area is 258 Å². The topological polar surface area (TPSA) is 46.5 Å². The first-order chi connectivity index (χ1) is 20.1. The highest BCUT2D eigenvalue weighted by molar-refractivity contribution is 5.69. The largest absolute Gasteiger partial charge is 0.462 e. The maximum atomic E-state index is 12.6. The van der Waals surface area contributed by atoms with Gasteiger partial charge in [0.15, 0.2) is 0 Å². The Balaban J connectivity index is 3.96. The molecular weight excluding hydrogens is 504 g/mol. The van der Waals surface area contributed by atoms with Gasteiger partial charge in [-0.25, -0.2) is 0 Å². The zero-order valence-electron chi connectivity index (χ0n) is 28.3. The van der Waals surface area contributed by atoms with Crippen molar-refractivity contribution in [1.29, 1.82) is 0 Å². The monoisotopic (exact) mass is 579 g/mol. The van der Waals surface area contributed by atoms with Crippen molar-refractivity contribution in [3.05, 3.63) is 12.2 Å². The summed E-state index contributed by atoms with van der Waals surface area (Å²) < 4.78 is 6.01. The minimum atomic E-state index is -0.168. The first kappa shape index (κ1) is 40.2. The molecule has 0 aliphatic carbocycles. The van der Waals surface area contributed by atoms with E-state index in [9.17, 15) is 9.90 Å². The molecule has 0 aromatic heterocycles. The first-order valence-corrected chi connectivity index (χ1v) is 18.7. The highest BCUT2D eigenvalue weighted by Crippen LogP contribution is 2.19. The summed E-state index contributed by atoms with van der Waals surface area (Å²) in [6, 6.07) is 0. The molecule has 0 amide bonds. The number of ether oxygens (including phenoxy) is 1. The fourth-order valence-corrected chi connectivity index (χ4v) is 5.70. The summed E-state index contributed by atoms with van der Waals surface area (Å²) in [4.78, 5) is 12.6. The van der Waals surface area contributed by atoms with Crippen molar-refractivity contribution in [2.24, 2.45) is 0 Å². The molecule has 0 fully saturated rings. The number of esters is 1. The van der Waals surface area contributed by atoms with Crippen LogP contribution in [0.2, 0.25) is 0 Å². The van der Waals surface area contributed by atoms with Gasteiger partial charge in [0, 0.05) is 6.42 Å². The lowest BCUT2D eigenvalue weighted by molar-refractivity contribution is -0.150. The number of carbonyl (C=O) groups excluding carboxylic acids is 1. The van der Waals surface area contributed by atoms with Crippen LogP contribution in [0.15, 0.2) is 12.2 Å². The van der Waals surface area contributed by atoms with E-state index in [1.165, 1.54) is 135 Å². The Bertz CT molecular complexity index is 544. The summed E-state index contributed by atoms with van der Waals surface area (Å²) in [6.45, 7) is 6.77. The van der Waals surface area contributed by atoms with Crippen LogP contribution in [-0.2, 0) is 9.53 Å². The average molecular weight is 579 g/mol. The normalized spacial score (nSPS) is 13.2. The molecule has 3 heteroatoms. The van der Waals surface area contributed by atoms with Crippen LogP contribution in [0.3, 0.4) is 0 Å². The molecular formula is C38H74O3. The number of hydrogen-bond donors (Lipinski definition) is 1. The van der Waals surface area contributed by atoms with Crippen molar-refractivity contribution >= 4 is 5.97 Å². The molecule has 0 bridgehead atoms. The third-order valence-corrected chi connectivity index (χ3v) is 8.52. The molecule has 1 unspecified atom stereocenters. The van der Waals surface area contributed by atoms with Crippen LogP contribution in [0.5, 0.6) is 0 Å². The highest BCUT2D eigenvalue weighted by Gasteiger charge is 2.14. The van der Waals surface area contributed by atoms with E-state index in [4.69, 9.17) is 4.74 Å². The van der Waals surface area contributed by atoms with Crippen LogP contribution in [0.25, 0.3) is 0 Å². The zero-order valence-corrected chi connectivity index (χ0v) is 28.3. The highest BCUT2D eigenvalue weighted by atomic mass is 16.5. The molecule has 244 valence electrons. The third kappa shape index (κ3) is 31.9. The third-order valence-electron chi connectivity index (χ3n) is 8.52. The van der Waals surface area contributed by atoms with Crippen LogP contribution >= 0.6 is 0 Å². The smallest absolute Gasteiger partial charge is 0.306 e. The Hall–Kier alpha value is -0.830. The van der Waals surface area contributed by atoms with Crippen LogP contribution in [0.1, 0.15) is 213 Å². The van der Waals surface area contributed by atoms with E-state index in [2.05, 4.69) is 32.9 Å². The molecule has 0 spiro atoms. The lowest BCUT2D eigenvalue weighted by Gasteiger charge is -2.18. The SMILES string of the molecule is CCCCCCCCCCCC(CCCCCCCC)OC(=O)CCCCCCCC=CC[C@H](O)CCCCCC. The summed E-state index contributed by atoms with van der Waals surface area (Å²) in [7, 11) is 0. The number of aliphatic hydroxyl groups excluding tert-OH is 1. The number of carbonyl (C=O) groups is 1. The van der Waals surface area contributed by atoms with Gasteiger partial charge in [-0.05, 0) is 57.8 Å². The fraction of sp³-hybridized carbons (Fsp3) is 0.921. The summed E-state index contributed by atoms with van der Waals surface area (Å²) in [6.07, 6.45) is 40.4. The zero-order chi connectivity index (χ0) is 30.1. The van der Waals surface area contributed by atoms with Gasteiger partial charge in [0.2, 0.25) is 0 Å².